The van der Waals surface area contributed by atoms with E-state index in [1.807, 2.05) is 25.1 Å². The van der Waals surface area contributed by atoms with Crippen LogP contribution in [0.2, 0.25) is 0 Å². The van der Waals surface area contributed by atoms with Crippen molar-refractivity contribution in [3.63, 3.8) is 0 Å². The van der Waals surface area contributed by atoms with Crippen LogP contribution < -0.4 is 16.7 Å². The number of fused-ring (bicyclic) bond motifs is 2. The van der Waals surface area contributed by atoms with Crippen molar-refractivity contribution in [1.82, 2.24) is 25.1 Å². The molecule has 1 unspecified atom stereocenters. The molecule has 8 nitrogen and oxygen atoms in total. The lowest BCUT2D eigenvalue weighted by molar-refractivity contribution is 0.400. The standard InChI is InChI=1S/C21H19IN6O2.ClH/c1-11(28-20-16(18(22)27-28)19(23)25-10-26-20)17-15(12-6-8-24-9-7-12)13-4-2-3-5-14(13)21(29)30-17;/h2-6,10-11,24H,7-9H2,1H3,(H2,23,25,26);1H. The van der Waals surface area contributed by atoms with Gasteiger partial charge in [0.15, 0.2) is 5.65 Å². The molecule has 1 aromatic carbocycles. The molecule has 5 rings (SSSR count). The molecule has 160 valence electrons. The minimum Gasteiger partial charge on any atom is -0.424 e. The molecule has 3 aromatic heterocycles. The zero-order chi connectivity index (χ0) is 20.8. The Morgan fingerprint density at radius 1 is 1.26 bits per heavy atom. The van der Waals surface area contributed by atoms with Crippen LogP contribution in [0, 0.1) is 3.70 Å². The van der Waals surface area contributed by atoms with Gasteiger partial charge in [-0.25, -0.2) is 19.4 Å². The van der Waals surface area contributed by atoms with Gasteiger partial charge in [0.2, 0.25) is 0 Å². The van der Waals surface area contributed by atoms with Crippen molar-refractivity contribution in [2.75, 3.05) is 18.8 Å². The molecule has 4 aromatic rings. The van der Waals surface area contributed by atoms with E-state index in [2.05, 4.69) is 49.1 Å². The number of rotatable bonds is 3. The molecule has 0 saturated carbocycles. The fraction of sp³-hybridized carbons (Fsp3) is 0.238. The Hall–Kier alpha value is -2.50. The fourth-order valence-corrected chi connectivity index (χ4v) is 4.78. The molecule has 0 bridgehead atoms. The third kappa shape index (κ3) is 3.60. The molecular weight excluding hydrogens is 531 g/mol. The maximum Gasteiger partial charge on any atom is 0.343 e. The minimum atomic E-state index is -0.367. The summed E-state index contributed by atoms with van der Waals surface area (Å²) in [4.78, 5) is 21.3. The van der Waals surface area contributed by atoms with Crippen molar-refractivity contribution in [2.45, 2.75) is 19.4 Å². The van der Waals surface area contributed by atoms with Gasteiger partial charge < -0.3 is 15.5 Å². The molecule has 0 saturated heterocycles. The quantitative estimate of drug-likeness (QED) is 0.375. The number of aromatic nitrogens is 4. The van der Waals surface area contributed by atoms with E-state index in [1.165, 1.54) is 6.33 Å². The largest absolute Gasteiger partial charge is 0.424 e. The summed E-state index contributed by atoms with van der Waals surface area (Å²) in [5.41, 5.74) is 8.43. The number of halogens is 2. The lowest BCUT2D eigenvalue weighted by Crippen LogP contribution is -2.22. The number of benzene rings is 1. The van der Waals surface area contributed by atoms with E-state index in [4.69, 9.17) is 10.2 Å². The van der Waals surface area contributed by atoms with Crippen LogP contribution in [0.5, 0.6) is 0 Å². The third-order valence-corrected chi connectivity index (χ3v) is 6.23. The molecule has 0 spiro atoms. The molecule has 0 fully saturated rings. The number of anilines is 1. The molecule has 1 atom stereocenters. The summed E-state index contributed by atoms with van der Waals surface area (Å²) in [6.45, 7) is 3.61. The average Bonchev–Trinajstić information content (AvgIpc) is 3.11. The third-order valence-electron chi connectivity index (χ3n) is 5.47. The summed E-state index contributed by atoms with van der Waals surface area (Å²) >= 11 is 2.13. The van der Waals surface area contributed by atoms with E-state index in [0.717, 1.165) is 36.0 Å². The molecule has 0 radical (unpaired) electrons. The lowest BCUT2D eigenvalue weighted by Gasteiger charge is -2.21. The first kappa shape index (κ1) is 21.7. The van der Waals surface area contributed by atoms with E-state index in [1.54, 1.807) is 10.7 Å². The van der Waals surface area contributed by atoms with Crippen molar-refractivity contribution < 1.29 is 4.42 Å². The van der Waals surface area contributed by atoms with Crippen LogP contribution in [-0.4, -0.2) is 32.8 Å². The van der Waals surface area contributed by atoms with Crippen LogP contribution in [0.25, 0.3) is 27.4 Å². The molecule has 10 heteroatoms. The van der Waals surface area contributed by atoms with Crippen molar-refractivity contribution >= 4 is 68.2 Å². The smallest absolute Gasteiger partial charge is 0.343 e. The number of nitrogen functional groups attached to an aromatic ring is 1. The van der Waals surface area contributed by atoms with Gasteiger partial charge in [0, 0.05) is 12.1 Å². The lowest BCUT2D eigenvalue weighted by atomic mass is 9.92. The topological polar surface area (TPSA) is 112 Å². The molecular formula is C21H20ClIN6O2. The second-order valence-corrected chi connectivity index (χ2v) is 8.25. The maximum atomic E-state index is 12.8. The molecule has 3 N–H and O–H groups in total. The van der Waals surface area contributed by atoms with Crippen molar-refractivity contribution in [3.8, 4) is 0 Å². The van der Waals surface area contributed by atoms with Gasteiger partial charge in [-0.3, -0.25) is 0 Å². The first-order chi connectivity index (χ1) is 14.6. The SMILES string of the molecule is CC(c1oc(=O)c2ccccc2c1C1=CCNCC1)n1nc(I)c2c(N)ncnc21.Cl. The summed E-state index contributed by atoms with van der Waals surface area (Å²) in [5, 5.41) is 10.2. The molecule has 4 heterocycles. The normalized spacial score (nSPS) is 15.0. The number of nitrogens with two attached hydrogens (primary N) is 1. The summed E-state index contributed by atoms with van der Waals surface area (Å²) in [6.07, 6.45) is 4.43. The van der Waals surface area contributed by atoms with Gasteiger partial charge in [0.25, 0.3) is 0 Å². The van der Waals surface area contributed by atoms with E-state index < -0.39 is 0 Å². The van der Waals surface area contributed by atoms with E-state index in [9.17, 15) is 4.79 Å². The van der Waals surface area contributed by atoms with Crippen LogP contribution in [-0.2, 0) is 0 Å². The van der Waals surface area contributed by atoms with Gasteiger partial charge in [-0.1, -0.05) is 24.3 Å². The highest BCUT2D eigenvalue weighted by molar-refractivity contribution is 14.1. The van der Waals surface area contributed by atoms with Crippen LogP contribution in [0.4, 0.5) is 5.82 Å². The van der Waals surface area contributed by atoms with Crippen LogP contribution in [0.15, 0.2) is 45.9 Å². The van der Waals surface area contributed by atoms with Gasteiger partial charge in [0.1, 0.15) is 27.6 Å². The second kappa shape index (κ2) is 8.56. The average molecular weight is 551 g/mol. The highest BCUT2D eigenvalue weighted by Gasteiger charge is 2.26. The zero-order valence-electron chi connectivity index (χ0n) is 16.6. The Kier molecular flexibility index (Phi) is 6.00. The van der Waals surface area contributed by atoms with Gasteiger partial charge in [-0.05, 0) is 59.5 Å². The monoisotopic (exact) mass is 550 g/mol. The summed E-state index contributed by atoms with van der Waals surface area (Å²) < 4.78 is 8.39. The number of nitrogens with one attached hydrogen (secondary N) is 1. The Balaban J connectivity index is 0.00000231. The van der Waals surface area contributed by atoms with Gasteiger partial charge in [0.05, 0.1) is 10.8 Å². The van der Waals surface area contributed by atoms with Crippen LogP contribution in [0.1, 0.15) is 30.7 Å². The highest BCUT2D eigenvalue weighted by Crippen LogP contribution is 2.35. The minimum absolute atomic E-state index is 0. The van der Waals surface area contributed by atoms with Crippen molar-refractivity contribution in [3.05, 3.63) is 62.1 Å². The number of nitrogens with zero attached hydrogens (tertiary/aromatic N) is 4. The van der Waals surface area contributed by atoms with Gasteiger partial charge >= 0.3 is 5.63 Å². The van der Waals surface area contributed by atoms with E-state index in [-0.39, 0.29) is 24.1 Å². The second-order valence-electron chi connectivity index (χ2n) is 7.23. The fourth-order valence-electron chi connectivity index (χ4n) is 4.03. The summed E-state index contributed by atoms with van der Waals surface area (Å²) in [6, 6.07) is 7.22. The number of hydrogen-bond donors (Lipinski definition) is 2. The Morgan fingerprint density at radius 3 is 2.77 bits per heavy atom. The van der Waals surface area contributed by atoms with Crippen LogP contribution >= 0.6 is 35.0 Å². The molecule has 0 amide bonds. The van der Waals surface area contributed by atoms with Gasteiger partial charge in [-0.15, -0.1) is 12.4 Å². The predicted octanol–water partition coefficient (Wildman–Crippen LogP) is 3.53. The summed E-state index contributed by atoms with van der Waals surface area (Å²) in [5.74, 6) is 0.953. The van der Waals surface area contributed by atoms with Crippen molar-refractivity contribution in [1.29, 1.82) is 0 Å². The number of hydrogen-bond acceptors (Lipinski definition) is 7. The van der Waals surface area contributed by atoms with Crippen LogP contribution in [0.3, 0.4) is 0 Å². The van der Waals surface area contributed by atoms with Crippen molar-refractivity contribution in [2.24, 2.45) is 0 Å². The molecule has 0 aliphatic carbocycles. The molecule has 1 aliphatic rings. The first-order valence-corrected chi connectivity index (χ1v) is 10.7. The Bertz CT molecular complexity index is 1380. The first-order valence-electron chi connectivity index (χ1n) is 9.66. The van der Waals surface area contributed by atoms with E-state index in [0.29, 0.717) is 31.7 Å². The maximum absolute atomic E-state index is 12.8. The molecule has 31 heavy (non-hydrogen) atoms. The Morgan fingerprint density at radius 2 is 2.03 bits per heavy atom. The van der Waals surface area contributed by atoms with E-state index >= 15 is 0 Å². The summed E-state index contributed by atoms with van der Waals surface area (Å²) in [7, 11) is 0. The highest BCUT2D eigenvalue weighted by atomic mass is 127. The zero-order valence-corrected chi connectivity index (χ0v) is 19.6. The molecule has 1 aliphatic heterocycles. The van der Waals surface area contributed by atoms with Gasteiger partial charge in [-0.2, -0.15) is 5.10 Å². The Labute approximate surface area is 197 Å². The predicted molar refractivity (Wildman–Crippen MR) is 131 cm³/mol.